The Balaban J connectivity index is 1.67. The molecule has 2 aromatic rings. The van der Waals surface area contributed by atoms with Crippen molar-refractivity contribution in [2.45, 2.75) is 26.2 Å². The van der Waals surface area contributed by atoms with Gasteiger partial charge in [0.1, 0.15) is 0 Å². The summed E-state index contributed by atoms with van der Waals surface area (Å²) in [5.41, 5.74) is 2.47. The van der Waals surface area contributed by atoms with Gasteiger partial charge < -0.3 is 10.1 Å². The van der Waals surface area contributed by atoms with Gasteiger partial charge in [-0.15, -0.1) is 5.10 Å². The Hall–Kier alpha value is -1.62. The maximum absolute atomic E-state index is 5.17. The summed E-state index contributed by atoms with van der Waals surface area (Å²) in [7, 11) is 1.76. The van der Waals surface area contributed by atoms with Crippen LogP contribution in [0.25, 0.3) is 5.65 Å². The van der Waals surface area contributed by atoms with Crippen LogP contribution in [-0.4, -0.2) is 34.9 Å². The van der Waals surface area contributed by atoms with Crippen LogP contribution in [0.4, 0.5) is 5.95 Å². The molecule has 0 radical (unpaired) electrons. The second kappa shape index (κ2) is 4.81. The van der Waals surface area contributed by atoms with Crippen LogP contribution in [0.3, 0.4) is 0 Å². The van der Waals surface area contributed by atoms with Crippen LogP contribution in [0.15, 0.2) is 18.3 Å². The Labute approximate surface area is 113 Å². The number of hydrogen-bond acceptors (Lipinski definition) is 4. The van der Waals surface area contributed by atoms with Crippen molar-refractivity contribution in [1.29, 1.82) is 0 Å². The highest BCUT2D eigenvalue weighted by Gasteiger charge is 2.41. The molecular formula is C14H20N4O. The van der Waals surface area contributed by atoms with Crippen molar-refractivity contribution in [2.75, 3.05) is 25.6 Å². The average molecular weight is 260 g/mol. The standard InChI is InChI=1S/C14H20N4O/c1-11-4-3-8-18-12(11)16-13(17-18)15-10-14(5-6-14)7-9-19-2/h3-4,8H,5-7,9-10H2,1-2H3,(H,15,17). The molecule has 1 saturated carbocycles. The number of aryl methyl sites for hydroxylation is 1. The quantitative estimate of drug-likeness (QED) is 0.865. The fourth-order valence-electron chi connectivity index (χ4n) is 2.39. The van der Waals surface area contributed by atoms with E-state index in [9.17, 15) is 0 Å². The molecule has 2 heterocycles. The zero-order valence-electron chi connectivity index (χ0n) is 11.5. The van der Waals surface area contributed by atoms with Gasteiger partial charge in [0.15, 0.2) is 5.65 Å². The molecule has 0 aliphatic heterocycles. The lowest BCUT2D eigenvalue weighted by Crippen LogP contribution is -2.17. The van der Waals surface area contributed by atoms with Crippen molar-refractivity contribution in [1.82, 2.24) is 14.6 Å². The van der Waals surface area contributed by atoms with Crippen molar-refractivity contribution < 1.29 is 4.74 Å². The first-order valence-electron chi connectivity index (χ1n) is 6.77. The number of nitrogens with zero attached hydrogens (tertiary/aromatic N) is 3. The van der Waals surface area contributed by atoms with E-state index in [1.165, 1.54) is 12.8 Å². The largest absolute Gasteiger partial charge is 0.385 e. The molecule has 5 heteroatoms. The number of hydrogen-bond donors (Lipinski definition) is 1. The molecule has 2 aromatic heterocycles. The molecule has 5 nitrogen and oxygen atoms in total. The SMILES string of the molecule is COCCC1(CNc2nc3c(C)cccn3n2)CC1. The van der Waals surface area contributed by atoms with Crippen LogP contribution < -0.4 is 5.32 Å². The minimum atomic E-state index is 0.405. The molecule has 1 aliphatic rings. The van der Waals surface area contributed by atoms with Crippen molar-refractivity contribution in [3.63, 3.8) is 0 Å². The van der Waals surface area contributed by atoms with Crippen molar-refractivity contribution in [2.24, 2.45) is 5.41 Å². The van der Waals surface area contributed by atoms with Gasteiger partial charge in [-0.1, -0.05) is 6.07 Å². The molecule has 19 heavy (non-hydrogen) atoms. The van der Waals surface area contributed by atoms with E-state index in [0.29, 0.717) is 5.41 Å². The van der Waals surface area contributed by atoms with Gasteiger partial charge in [0, 0.05) is 26.5 Å². The highest BCUT2D eigenvalue weighted by atomic mass is 16.5. The van der Waals surface area contributed by atoms with E-state index >= 15 is 0 Å². The topological polar surface area (TPSA) is 51.5 Å². The van der Waals surface area contributed by atoms with Gasteiger partial charge in [-0.3, -0.25) is 0 Å². The van der Waals surface area contributed by atoms with Gasteiger partial charge in [-0.2, -0.15) is 4.98 Å². The third kappa shape index (κ3) is 2.56. The maximum Gasteiger partial charge on any atom is 0.243 e. The van der Waals surface area contributed by atoms with E-state index in [-0.39, 0.29) is 0 Å². The number of methoxy groups -OCH3 is 1. The van der Waals surface area contributed by atoms with Crippen molar-refractivity contribution in [3.05, 3.63) is 23.9 Å². The van der Waals surface area contributed by atoms with E-state index in [1.807, 2.05) is 16.8 Å². The summed E-state index contributed by atoms with van der Waals surface area (Å²) < 4.78 is 7.00. The smallest absolute Gasteiger partial charge is 0.243 e. The van der Waals surface area contributed by atoms with Crippen molar-refractivity contribution >= 4 is 11.6 Å². The molecular weight excluding hydrogens is 240 g/mol. The third-order valence-electron chi connectivity index (χ3n) is 3.97. The molecule has 3 rings (SSSR count). The molecule has 0 spiro atoms. The second-order valence-electron chi connectivity index (χ2n) is 5.49. The zero-order chi connectivity index (χ0) is 13.3. The maximum atomic E-state index is 5.17. The van der Waals surface area contributed by atoms with Gasteiger partial charge in [0.2, 0.25) is 5.95 Å². The van der Waals surface area contributed by atoms with Crippen LogP contribution in [0.1, 0.15) is 24.8 Å². The summed E-state index contributed by atoms with van der Waals surface area (Å²) in [4.78, 5) is 4.53. The minimum absolute atomic E-state index is 0.405. The summed E-state index contributed by atoms with van der Waals surface area (Å²) >= 11 is 0. The summed E-state index contributed by atoms with van der Waals surface area (Å²) in [6.45, 7) is 3.82. The van der Waals surface area contributed by atoms with Crippen LogP contribution >= 0.6 is 0 Å². The van der Waals surface area contributed by atoms with E-state index in [0.717, 1.165) is 36.7 Å². The fraction of sp³-hybridized carbons (Fsp3) is 0.571. The summed E-state index contributed by atoms with van der Waals surface area (Å²) in [5, 5.41) is 7.82. The number of pyridine rings is 1. The second-order valence-corrected chi connectivity index (χ2v) is 5.49. The summed E-state index contributed by atoms with van der Waals surface area (Å²) in [6.07, 6.45) is 5.59. The summed E-state index contributed by atoms with van der Waals surface area (Å²) in [5.74, 6) is 0.720. The number of aromatic nitrogens is 3. The third-order valence-corrected chi connectivity index (χ3v) is 3.97. The predicted octanol–water partition coefficient (Wildman–Crippen LogP) is 2.27. The van der Waals surface area contributed by atoms with Gasteiger partial charge in [-0.05, 0) is 43.2 Å². The molecule has 0 bridgehead atoms. The van der Waals surface area contributed by atoms with Gasteiger partial charge in [-0.25, -0.2) is 4.52 Å². The first-order valence-corrected chi connectivity index (χ1v) is 6.77. The predicted molar refractivity (Wildman–Crippen MR) is 74.4 cm³/mol. The van der Waals surface area contributed by atoms with E-state index in [4.69, 9.17) is 4.74 Å². The Morgan fingerprint density at radius 1 is 1.47 bits per heavy atom. The molecule has 102 valence electrons. The molecule has 1 N–H and O–H groups in total. The zero-order valence-corrected chi connectivity index (χ0v) is 11.5. The Morgan fingerprint density at radius 3 is 3.00 bits per heavy atom. The van der Waals surface area contributed by atoms with Crippen molar-refractivity contribution in [3.8, 4) is 0 Å². The molecule has 1 fully saturated rings. The number of nitrogens with one attached hydrogen (secondary N) is 1. The first kappa shape index (κ1) is 12.4. The molecule has 1 aliphatic carbocycles. The normalized spacial score (nSPS) is 16.7. The van der Waals surface area contributed by atoms with Gasteiger partial charge >= 0.3 is 0 Å². The fourth-order valence-corrected chi connectivity index (χ4v) is 2.39. The van der Waals surface area contributed by atoms with Gasteiger partial charge in [0.05, 0.1) is 0 Å². The van der Waals surface area contributed by atoms with Crippen LogP contribution in [0.2, 0.25) is 0 Å². The Bertz CT molecular complexity index is 574. The monoisotopic (exact) mass is 260 g/mol. The first-order chi connectivity index (χ1) is 9.22. The van der Waals surface area contributed by atoms with E-state index in [2.05, 4.69) is 28.4 Å². The number of rotatable bonds is 6. The highest BCUT2D eigenvalue weighted by Crippen LogP contribution is 2.48. The van der Waals surface area contributed by atoms with Crippen LogP contribution in [0, 0.1) is 12.3 Å². The minimum Gasteiger partial charge on any atom is -0.385 e. The van der Waals surface area contributed by atoms with E-state index < -0.39 is 0 Å². The molecule has 0 atom stereocenters. The number of anilines is 1. The highest BCUT2D eigenvalue weighted by molar-refractivity contribution is 5.49. The lowest BCUT2D eigenvalue weighted by atomic mass is 10.0. The molecule has 0 saturated heterocycles. The molecule has 0 unspecified atom stereocenters. The summed E-state index contributed by atoms with van der Waals surface area (Å²) in [6, 6.07) is 4.04. The van der Waals surface area contributed by atoms with Crippen LogP contribution in [-0.2, 0) is 4.74 Å². The lowest BCUT2D eigenvalue weighted by Gasteiger charge is -2.14. The average Bonchev–Trinajstić information content (AvgIpc) is 3.05. The lowest BCUT2D eigenvalue weighted by molar-refractivity contribution is 0.175. The van der Waals surface area contributed by atoms with E-state index in [1.54, 1.807) is 7.11 Å². The number of fused-ring (bicyclic) bond motifs is 1. The van der Waals surface area contributed by atoms with Crippen LogP contribution in [0.5, 0.6) is 0 Å². The van der Waals surface area contributed by atoms with Gasteiger partial charge in [0.25, 0.3) is 0 Å². The molecule has 0 amide bonds. The Kier molecular flexibility index (Phi) is 3.14. The number of ether oxygens (including phenoxy) is 1. The Morgan fingerprint density at radius 2 is 2.32 bits per heavy atom. The molecule has 0 aromatic carbocycles.